The number of para-hydroxylation sites is 3. The summed E-state index contributed by atoms with van der Waals surface area (Å²) in [6, 6.07) is 50.3. The van der Waals surface area contributed by atoms with Crippen molar-refractivity contribution in [3.63, 3.8) is 0 Å². The molecule has 5 aromatic carbocycles. The molecule has 8 aromatic rings. The lowest BCUT2D eigenvalue weighted by Gasteiger charge is -2.41. The number of nitrogens with zero attached hydrogens (tertiary/aromatic N) is 4. The molecule has 0 radical (unpaired) electrons. The number of fused-ring (bicyclic) bond motifs is 6. The van der Waals surface area contributed by atoms with E-state index in [0.29, 0.717) is 0 Å². The van der Waals surface area contributed by atoms with Crippen molar-refractivity contribution in [3.05, 3.63) is 169 Å². The summed E-state index contributed by atoms with van der Waals surface area (Å²) in [5, 5.41) is 2.33. The molecule has 1 aliphatic rings. The first-order chi connectivity index (χ1) is 23.6. The second-order valence-electron chi connectivity index (χ2n) is 12.7. The smallest absolute Gasteiger partial charge is 0.143 e. The minimum Gasteiger partial charge on any atom is -0.457 e. The summed E-state index contributed by atoms with van der Waals surface area (Å²) >= 11 is 0. The van der Waals surface area contributed by atoms with Crippen molar-refractivity contribution in [1.82, 2.24) is 14.5 Å². The van der Waals surface area contributed by atoms with Gasteiger partial charge in [0.15, 0.2) is 0 Å². The van der Waals surface area contributed by atoms with Crippen LogP contribution in [0.15, 0.2) is 158 Å². The predicted octanol–water partition coefficient (Wildman–Crippen LogP) is 11.1. The molecule has 48 heavy (non-hydrogen) atoms. The van der Waals surface area contributed by atoms with Crippen molar-refractivity contribution in [2.45, 2.75) is 19.3 Å². The number of aromatic nitrogens is 3. The minimum atomic E-state index is -0.337. The largest absolute Gasteiger partial charge is 0.457 e. The third kappa shape index (κ3) is 4.39. The van der Waals surface area contributed by atoms with Gasteiger partial charge in [-0.1, -0.05) is 92.7 Å². The van der Waals surface area contributed by atoms with Gasteiger partial charge in [0.1, 0.15) is 17.3 Å². The molecule has 5 nitrogen and oxygen atoms in total. The molecule has 1 aliphatic heterocycles. The standard InChI is InChI=1S/C43H32N4O/c1-43(2)36-21-7-9-24-39(36)47(31-17-13-19-33(27-31)48-32-18-12-14-29(26-32)37-22-10-11-25-44-37)42-40(43)41-35(28-45-42)34-20-6-8-23-38(34)46(41)30-15-4-3-5-16-30/h3-28H,1-2H3. The third-order valence-corrected chi connectivity index (χ3v) is 9.47. The van der Waals surface area contributed by atoms with E-state index in [-0.39, 0.29) is 5.41 Å². The zero-order valence-corrected chi connectivity index (χ0v) is 26.7. The Hall–Kier alpha value is -6.20. The second-order valence-corrected chi connectivity index (χ2v) is 12.7. The van der Waals surface area contributed by atoms with Crippen LogP contribution in [0.4, 0.5) is 17.2 Å². The Morgan fingerprint density at radius 2 is 1.33 bits per heavy atom. The topological polar surface area (TPSA) is 43.2 Å². The van der Waals surface area contributed by atoms with Gasteiger partial charge in [-0.25, -0.2) is 4.98 Å². The molecule has 9 rings (SSSR count). The van der Waals surface area contributed by atoms with Crippen molar-refractivity contribution in [2.75, 3.05) is 4.90 Å². The second kappa shape index (κ2) is 11.0. The molecule has 0 N–H and O–H groups in total. The number of rotatable bonds is 5. The molecule has 0 saturated heterocycles. The average molecular weight is 621 g/mol. The fourth-order valence-corrected chi connectivity index (χ4v) is 7.31. The molecule has 0 amide bonds. The Kier molecular flexibility index (Phi) is 6.40. The number of benzene rings is 5. The monoisotopic (exact) mass is 620 g/mol. The third-order valence-electron chi connectivity index (χ3n) is 9.47. The SMILES string of the molecule is CC1(C)c2ccccc2N(c2cccc(Oc3cccc(-c4ccccn4)c3)c2)c2ncc3c4ccccc4n(-c4ccccc4)c3c21. The van der Waals surface area contributed by atoms with Crippen LogP contribution in [0.25, 0.3) is 38.8 Å². The number of anilines is 3. The molecule has 5 heteroatoms. The van der Waals surface area contributed by atoms with Crippen molar-refractivity contribution in [1.29, 1.82) is 0 Å². The van der Waals surface area contributed by atoms with Crippen LogP contribution in [0.1, 0.15) is 25.0 Å². The summed E-state index contributed by atoms with van der Waals surface area (Å²) in [5.74, 6) is 2.41. The molecule has 0 fully saturated rings. The molecule has 0 unspecified atom stereocenters. The summed E-state index contributed by atoms with van der Waals surface area (Å²) in [5.41, 5.74) is 9.56. The molecule has 230 valence electrons. The fraction of sp³-hybridized carbons (Fsp3) is 0.0698. The van der Waals surface area contributed by atoms with Gasteiger partial charge in [-0.2, -0.15) is 0 Å². The zero-order chi connectivity index (χ0) is 32.2. The van der Waals surface area contributed by atoms with E-state index in [0.717, 1.165) is 51.0 Å². The van der Waals surface area contributed by atoms with Crippen molar-refractivity contribution >= 4 is 39.0 Å². The van der Waals surface area contributed by atoms with Crippen LogP contribution < -0.4 is 9.64 Å². The van der Waals surface area contributed by atoms with Gasteiger partial charge in [-0.15, -0.1) is 0 Å². The molecular formula is C43H32N4O. The van der Waals surface area contributed by atoms with Crippen LogP contribution in [0.3, 0.4) is 0 Å². The number of ether oxygens (including phenoxy) is 1. The summed E-state index contributed by atoms with van der Waals surface area (Å²) < 4.78 is 8.91. The number of hydrogen-bond acceptors (Lipinski definition) is 4. The molecular weight excluding hydrogens is 589 g/mol. The Bertz CT molecular complexity index is 2470. The molecule has 0 bridgehead atoms. The number of pyridine rings is 2. The minimum absolute atomic E-state index is 0.337. The molecule has 0 saturated carbocycles. The van der Waals surface area contributed by atoms with E-state index in [1.807, 2.05) is 48.7 Å². The normalized spacial score (nSPS) is 13.3. The Morgan fingerprint density at radius 1 is 0.604 bits per heavy atom. The van der Waals surface area contributed by atoms with E-state index < -0.39 is 0 Å². The molecule has 4 heterocycles. The summed E-state index contributed by atoms with van der Waals surface area (Å²) in [7, 11) is 0. The maximum atomic E-state index is 6.50. The van der Waals surface area contributed by atoms with E-state index in [1.54, 1.807) is 0 Å². The first-order valence-electron chi connectivity index (χ1n) is 16.2. The first kappa shape index (κ1) is 28.1. The van der Waals surface area contributed by atoms with Crippen molar-refractivity contribution in [2.24, 2.45) is 0 Å². The van der Waals surface area contributed by atoms with Gasteiger partial charge in [-0.05, 0) is 66.2 Å². The van der Waals surface area contributed by atoms with Gasteiger partial charge in [0, 0.05) is 51.5 Å². The average Bonchev–Trinajstić information content (AvgIpc) is 3.47. The van der Waals surface area contributed by atoms with Crippen LogP contribution in [-0.2, 0) is 5.41 Å². The van der Waals surface area contributed by atoms with E-state index >= 15 is 0 Å². The fourth-order valence-electron chi connectivity index (χ4n) is 7.31. The van der Waals surface area contributed by atoms with E-state index in [9.17, 15) is 0 Å². The van der Waals surface area contributed by atoms with Gasteiger partial charge in [0.05, 0.1) is 28.1 Å². The van der Waals surface area contributed by atoms with Gasteiger partial charge in [-0.3, -0.25) is 9.88 Å². The first-order valence-corrected chi connectivity index (χ1v) is 16.2. The Morgan fingerprint density at radius 3 is 2.19 bits per heavy atom. The van der Waals surface area contributed by atoms with E-state index in [1.165, 1.54) is 27.5 Å². The van der Waals surface area contributed by atoms with E-state index in [2.05, 4.69) is 138 Å². The molecule has 0 atom stereocenters. The lowest BCUT2D eigenvalue weighted by molar-refractivity contribution is 0.483. The molecule has 0 spiro atoms. The maximum absolute atomic E-state index is 6.50. The Balaban J connectivity index is 1.24. The van der Waals surface area contributed by atoms with Crippen LogP contribution in [-0.4, -0.2) is 14.5 Å². The van der Waals surface area contributed by atoms with Crippen molar-refractivity contribution < 1.29 is 4.74 Å². The lowest BCUT2D eigenvalue weighted by atomic mass is 9.74. The van der Waals surface area contributed by atoms with Crippen LogP contribution in [0.2, 0.25) is 0 Å². The Labute approximate surface area is 279 Å². The van der Waals surface area contributed by atoms with Gasteiger partial charge < -0.3 is 9.30 Å². The highest BCUT2D eigenvalue weighted by atomic mass is 16.5. The van der Waals surface area contributed by atoms with Gasteiger partial charge in [0.2, 0.25) is 0 Å². The summed E-state index contributed by atoms with van der Waals surface area (Å²) in [4.78, 5) is 12.1. The van der Waals surface area contributed by atoms with Crippen LogP contribution >= 0.6 is 0 Å². The van der Waals surface area contributed by atoms with Gasteiger partial charge >= 0.3 is 0 Å². The van der Waals surface area contributed by atoms with E-state index in [4.69, 9.17) is 9.72 Å². The lowest BCUT2D eigenvalue weighted by Crippen LogP contribution is -2.32. The predicted molar refractivity (Wildman–Crippen MR) is 195 cm³/mol. The van der Waals surface area contributed by atoms with Gasteiger partial charge in [0.25, 0.3) is 0 Å². The highest BCUT2D eigenvalue weighted by Crippen LogP contribution is 2.54. The maximum Gasteiger partial charge on any atom is 0.143 e. The quantitative estimate of drug-likeness (QED) is 0.192. The van der Waals surface area contributed by atoms with Crippen LogP contribution in [0.5, 0.6) is 11.5 Å². The molecule has 0 aliphatic carbocycles. The number of hydrogen-bond donors (Lipinski definition) is 0. The molecule has 3 aromatic heterocycles. The highest BCUT2D eigenvalue weighted by molar-refractivity contribution is 6.12. The van der Waals surface area contributed by atoms with Crippen LogP contribution in [0, 0.1) is 0 Å². The summed E-state index contributed by atoms with van der Waals surface area (Å²) in [6.45, 7) is 4.65. The zero-order valence-electron chi connectivity index (χ0n) is 26.7. The summed E-state index contributed by atoms with van der Waals surface area (Å²) in [6.07, 6.45) is 3.86. The van der Waals surface area contributed by atoms with Crippen molar-refractivity contribution in [3.8, 4) is 28.4 Å². The highest BCUT2D eigenvalue weighted by Gasteiger charge is 2.40.